The third-order valence-corrected chi connectivity index (χ3v) is 8.87. The van der Waals surface area contributed by atoms with Gasteiger partial charge in [-0.2, -0.15) is 30.3 Å². The van der Waals surface area contributed by atoms with E-state index in [1.807, 2.05) is 95.6 Å². The second kappa shape index (κ2) is 15.0. The number of hydrogen-bond donors (Lipinski definition) is 0. The summed E-state index contributed by atoms with van der Waals surface area (Å²) in [5.74, 6) is 0.618. The molecule has 0 spiro atoms. The Morgan fingerprint density at radius 3 is 2.40 bits per heavy atom. The number of aromatic nitrogens is 3. The molecule has 0 N–H and O–H groups in total. The first-order valence-corrected chi connectivity index (χ1v) is 16.6. The standard InChI is InChI=1S/C30H28NO.C15H13N2.Ir/c1-18(2)21-13-14-22(26(15-21)19(3)4)27-16-28(31-17-20(27)5)25-11-8-10-24-23-9-6-7-12-29(23)32-30(24)25;1-2-16-12-17(13-8-4-3-5-9-13)15-11-7-6-10-14(15)16;/h6-10,12-19H,1-5H3;3-8,10-11H,2H2,1H3;/q2*-1;+3/i5D3;2D2;. The Hall–Kier alpha value is -4.83. The van der Waals surface area contributed by atoms with Crippen LogP contribution in [-0.2, 0) is 26.6 Å². The van der Waals surface area contributed by atoms with Crippen molar-refractivity contribution in [1.29, 1.82) is 0 Å². The van der Waals surface area contributed by atoms with Gasteiger partial charge < -0.3 is 18.5 Å². The van der Waals surface area contributed by atoms with Crippen molar-refractivity contribution in [3.8, 4) is 28.1 Å². The van der Waals surface area contributed by atoms with Gasteiger partial charge in [-0.1, -0.05) is 111 Å². The summed E-state index contributed by atoms with van der Waals surface area (Å²) in [5.41, 5.74) is 9.66. The predicted molar refractivity (Wildman–Crippen MR) is 201 cm³/mol. The van der Waals surface area contributed by atoms with Crippen LogP contribution in [0, 0.1) is 25.3 Å². The number of imidazole rings is 1. The van der Waals surface area contributed by atoms with Gasteiger partial charge in [-0.05, 0) is 65.2 Å². The van der Waals surface area contributed by atoms with Crippen LogP contribution in [0.15, 0.2) is 120 Å². The first-order chi connectivity index (χ1) is 25.7. The van der Waals surface area contributed by atoms with E-state index >= 15 is 0 Å². The molecule has 0 saturated heterocycles. The molecule has 5 heteroatoms. The maximum atomic E-state index is 8.20. The number of benzene rings is 5. The van der Waals surface area contributed by atoms with E-state index in [1.165, 1.54) is 23.3 Å². The van der Waals surface area contributed by atoms with Crippen molar-refractivity contribution in [3.63, 3.8) is 0 Å². The fraction of sp³-hybridized carbons (Fsp3) is 0.200. The average Bonchev–Trinajstić information content (AvgIpc) is 3.74. The molecule has 3 aromatic heterocycles. The van der Waals surface area contributed by atoms with Gasteiger partial charge in [0.05, 0.1) is 25.9 Å². The van der Waals surface area contributed by atoms with Crippen LogP contribution in [-0.4, -0.2) is 9.55 Å². The van der Waals surface area contributed by atoms with Crippen LogP contribution in [0.1, 0.15) is 70.0 Å². The third kappa shape index (κ3) is 6.68. The van der Waals surface area contributed by atoms with Crippen LogP contribution < -0.4 is 4.57 Å². The van der Waals surface area contributed by atoms with Crippen molar-refractivity contribution in [2.24, 2.45) is 0 Å². The number of rotatable bonds is 6. The summed E-state index contributed by atoms with van der Waals surface area (Å²) < 4.78 is 50.0. The average molecular weight is 837 g/mol. The number of aryl methyl sites for hydroxylation is 2. The van der Waals surface area contributed by atoms with Crippen molar-refractivity contribution >= 4 is 33.0 Å². The number of fused-ring (bicyclic) bond motifs is 4. The van der Waals surface area contributed by atoms with E-state index in [4.69, 9.17) is 11.3 Å². The first kappa shape index (κ1) is 29.0. The van der Waals surface area contributed by atoms with Crippen molar-refractivity contribution in [2.75, 3.05) is 0 Å². The van der Waals surface area contributed by atoms with Gasteiger partial charge in [0, 0.05) is 15.7 Å². The molecule has 0 aliphatic carbocycles. The van der Waals surface area contributed by atoms with Gasteiger partial charge in [-0.25, -0.2) is 0 Å². The minimum Gasteiger partial charge on any atom is -0.501 e. The quantitative estimate of drug-likeness (QED) is 0.124. The zero-order valence-corrected chi connectivity index (χ0v) is 31.1. The number of nitrogens with zero attached hydrogens (tertiary/aromatic N) is 3. The fourth-order valence-corrected chi connectivity index (χ4v) is 6.29. The minimum absolute atomic E-state index is 0. The zero-order chi connectivity index (χ0) is 38.4. The summed E-state index contributed by atoms with van der Waals surface area (Å²) >= 11 is 0. The van der Waals surface area contributed by atoms with Crippen LogP contribution in [0.3, 0.4) is 0 Å². The topological polar surface area (TPSA) is 34.8 Å². The number of hydrogen-bond acceptors (Lipinski definition) is 2. The van der Waals surface area contributed by atoms with Gasteiger partial charge in [-0.3, -0.25) is 0 Å². The van der Waals surface area contributed by atoms with Gasteiger partial charge in [0.1, 0.15) is 5.58 Å². The molecular formula is C45H41IrN3O+. The molecule has 0 saturated carbocycles. The van der Waals surface area contributed by atoms with Crippen molar-refractivity contribution in [1.82, 2.24) is 9.55 Å². The zero-order valence-electron chi connectivity index (χ0n) is 33.7. The van der Waals surface area contributed by atoms with Crippen LogP contribution in [0.2, 0.25) is 0 Å². The summed E-state index contributed by atoms with van der Waals surface area (Å²) in [7, 11) is 0. The van der Waals surface area contributed by atoms with Crippen LogP contribution in [0.5, 0.6) is 0 Å². The van der Waals surface area contributed by atoms with E-state index < -0.39 is 13.3 Å². The normalized spacial score (nSPS) is 13.3. The molecule has 4 nitrogen and oxygen atoms in total. The Kier molecular flexibility index (Phi) is 8.66. The molecule has 3 heterocycles. The Bertz CT molecular complexity index is 2600. The third-order valence-electron chi connectivity index (χ3n) is 8.87. The largest absolute Gasteiger partial charge is 3.00 e. The minimum atomic E-state index is -2.29. The summed E-state index contributed by atoms with van der Waals surface area (Å²) in [6.45, 7) is 6.35. The first-order valence-electron chi connectivity index (χ1n) is 19.1. The van der Waals surface area contributed by atoms with Gasteiger partial charge >= 0.3 is 20.1 Å². The molecule has 0 unspecified atom stereocenters. The van der Waals surface area contributed by atoms with Gasteiger partial charge in [0.25, 0.3) is 0 Å². The molecule has 0 radical (unpaired) electrons. The van der Waals surface area contributed by atoms with Gasteiger partial charge in [-0.15, -0.1) is 18.2 Å². The van der Waals surface area contributed by atoms with E-state index in [0.29, 0.717) is 22.8 Å². The summed E-state index contributed by atoms with van der Waals surface area (Å²) in [5, 5.41) is 2.02. The fourth-order valence-electron chi connectivity index (χ4n) is 6.29. The maximum absolute atomic E-state index is 8.20. The van der Waals surface area contributed by atoms with Crippen molar-refractivity contribution in [2.45, 2.75) is 59.8 Å². The molecule has 8 aromatic rings. The summed E-state index contributed by atoms with van der Waals surface area (Å²) in [6.07, 6.45) is 4.57. The van der Waals surface area contributed by atoms with Crippen LogP contribution in [0.25, 0.3) is 61.0 Å². The Balaban J connectivity index is 0.000000217. The van der Waals surface area contributed by atoms with Crippen molar-refractivity contribution in [3.05, 3.63) is 151 Å². The predicted octanol–water partition coefficient (Wildman–Crippen LogP) is 11.2. The molecule has 250 valence electrons. The second-order valence-corrected chi connectivity index (χ2v) is 12.7. The molecule has 0 bridgehead atoms. The molecule has 5 aromatic carbocycles. The molecule has 0 aliphatic heterocycles. The molecule has 0 amide bonds. The Morgan fingerprint density at radius 1 is 0.840 bits per heavy atom. The van der Waals surface area contributed by atoms with Crippen molar-refractivity contribution < 1.29 is 35.9 Å². The molecule has 0 atom stereocenters. The van der Waals surface area contributed by atoms with E-state index in [-0.39, 0.29) is 31.6 Å². The Labute approximate surface area is 315 Å². The molecule has 8 rings (SSSR count). The van der Waals surface area contributed by atoms with E-state index in [1.54, 1.807) is 0 Å². The summed E-state index contributed by atoms with van der Waals surface area (Å²) in [6, 6.07) is 41.7. The molecule has 0 fully saturated rings. The monoisotopic (exact) mass is 837 g/mol. The number of para-hydroxylation sites is 4. The van der Waals surface area contributed by atoms with E-state index in [9.17, 15) is 0 Å². The van der Waals surface area contributed by atoms with Gasteiger partial charge in [0.2, 0.25) is 6.33 Å². The SMILES string of the molecule is [2H]C([2H])(C)[n+]1[c-]n(-c2[c-]cccc2)c2ccccc21.[2H]C([2H])([2H])c1cnc(-c2[c-]ccc3c2oc2ccccc23)cc1-c1ccc(C(C)C)cc1C(C)C.[Ir+3]. The van der Waals surface area contributed by atoms with Crippen LogP contribution in [0.4, 0.5) is 0 Å². The maximum Gasteiger partial charge on any atom is 3.00 e. The second-order valence-electron chi connectivity index (χ2n) is 12.7. The summed E-state index contributed by atoms with van der Waals surface area (Å²) in [4.78, 5) is 4.59. The Morgan fingerprint density at radius 2 is 1.64 bits per heavy atom. The number of furan rings is 1. The molecule has 0 aliphatic rings. The van der Waals surface area contributed by atoms with Crippen LogP contribution >= 0.6 is 0 Å². The smallest absolute Gasteiger partial charge is 0.501 e. The number of pyridine rings is 1. The van der Waals surface area contributed by atoms with E-state index in [2.05, 4.69) is 69.3 Å². The van der Waals surface area contributed by atoms with Gasteiger partial charge in [0.15, 0.2) is 0 Å². The molecule has 50 heavy (non-hydrogen) atoms. The van der Waals surface area contributed by atoms with E-state index in [0.717, 1.165) is 49.8 Å². The molecular weight excluding hydrogens is 791 g/mol.